The van der Waals surface area contributed by atoms with Gasteiger partial charge >= 0.3 is 12.1 Å². The zero-order valence-corrected chi connectivity index (χ0v) is 13.9. The van der Waals surface area contributed by atoms with Gasteiger partial charge in [0.1, 0.15) is 18.3 Å². The molecule has 2 rings (SSSR count). The van der Waals surface area contributed by atoms with E-state index >= 15 is 0 Å². The first-order chi connectivity index (χ1) is 11.0. The molecule has 0 aromatic heterocycles. The topological polar surface area (TPSA) is 93.7 Å². The SMILES string of the molecule is COC(=O)C1=C(Br)C[C@H](NC(=O)OCc2ccccc2)C(=O)N1. The molecule has 1 aliphatic rings. The van der Waals surface area contributed by atoms with Crippen molar-refractivity contribution in [3.8, 4) is 0 Å². The Balaban J connectivity index is 1.90. The molecule has 0 unspecified atom stereocenters. The van der Waals surface area contributed by atoms with Gasteiger partial charge in [0, 0.05) is 10.9 Å². The van der Waals surface area contributed by atoms with Crippen LogP contribution in [-0.4, -0.2) is 31.1 Å². The van der Waals surface area contributed by atoms with Crippen LogP contribution in [0.25, 0.3) is 0 Å². The maximum absolute atomic E-state index is 11.9. The van der Waals surface area contributed by atoms with Gasteiger partial charge in [-0.3, -0.25) is 4.79 Å². The second-order valence-electron chi connectivity index (χ2n) is 4.72. The Morgan fingerprint density at radius 2 is 2.04 bits per heavy atom. The Morgan fingerprint density at radius 1 is 1.35 bits per heavy atom. The number of ether oxygens (including phenoxy) is 2. The van der Waals surface area contributed by atoms with E-state index in [9.17, 15) is 14.4 Å². The molecule has 0 radical (unpaired) electrons. The second-order valence-corrected chi connectivity index (χ2v) is 5.68. The molecule has 23 heavy (non-hydrogen) atoms. The molecule has 0 bridgehead atoms. The summed E-state index contributed by atoms with van der Waals surface area (Å²) in [6, 6.07) is 8.34. The number of rotatable bonds is 4. The molecule has 1 heterocycles. The number of hydrogen-bond acceptors (Lipinski definition) is 5. The summed E-state index contributed by atoms with van der Waals surface area (Å²) in [5.41, 5.74) is 0.873. The average molecular weight is 383 g/mol. The van der Waals surface area contributed by atoms with Crippen molar-refractivity contribution in [2.45, 2.75) is 19.1 Å². The van der Waals surface area contributed by atoms with Gasteiger partial charge in [0.15, 0.2) is 0 Å². The number of hydrogen-bond donors (Lipinski definition) is 2. The summed E-state index contributed by atoms with van der Waals surface area (Å²) >= 11 is 3.20. The maximum atomic E-state index is 11.9. The summed E-state index contributed by atoms with van der Waals surface area (Å²) in [6.45, 7) is 0.103. The predicted molar refractivity (Wildman–Crippen MR) is 84.3 cm³/mol. The summed E-state index contributed by atoms with van der Waals surface area (Å²) in [5.74, 6) is -1.17. The summed E-state index contributed by atoms with van der Waals surface area (Å²) in [7, 11) is 1.22. The van der Waals surface area contributed by atoms with Crippen molar-refractivity contribution in [1.82, 2.24) is 10.6 Å². The molecule has 1 aromatic rings. The van der Waals surface area contributed by atoms with Gasteiger partial charge in [0.25, 0.3) is 0 Å². The van der Waals surface area contributed by atoms with Crippen LogP contribution in [0.15, 0.2) is 40.5 Å². The van der Waals surface area contributed by atoms with Gasteiger partial charge in [-0.05, 0) is 5.56 Å². The van der Waals surface area contributed by atoms with Crippen LogP contribution in [0, 0.1) is 0 Å². The number of esters is 1. The molecule has 122 valence electrons. The van der Waals surface area contributed by atoms with E-state index in [2.05, 4.69) is 31.3 Å². The Morgan fingerprint density at radius 3 is 2.70 bits per heavy atom. The van der Waals surface area contributed by atoms with E-state index in [-0.39, 0.29) is 18.7 Å². The number of halogens is 1. The van der Waals surface area contributed by atoms with Crippen molar-refractivity contribution in [2.24, 2.45) is 0 Å². The van der Waals surface area contributed by atoms with Crippen LogP contribution in [0.2, 0.25) is 0 Å². The van der Waals surface area contributed by atoms with Crippen LogP contribution in [0.5, 0.6) is 0 Å². The van der Waals surface area contributed by atoms with Crippen LogP contribution in [0.4, 0.5) is 4.79 Å². The van der Waals surface area contributed by atoms with E-state index in [0.29, 0.717) is 4.48 Å². The fourth-order valence-corrected chi connectivity index (χ4v) is 2.52. The minimum Gasteiger partial charge on any atom is -0.464 e. The highest BCUT2D eigenvalue weighted by molar-refractivity contribution is 9.11. The molecule has 0 fully saturated rings. The van der Waals surface area contributed by atoms with Crippen LogP contribution >= 0.6 is 15.9 Å². The van der Waals surface area contributed by atoms with Gasteiger partial charge in [-0.15, -0.1) is 0 Å². The van der Waals surface area contributed by atoms with Crippen LogP contribution < -0.4 is 10.6 Å². The maximum Gasteiger partial charge on any atom is 0.408 e. The Kier molecular flexibility index (Phi) is 5.75. The molecule has 2 amide bonds. The minimum atomic E-state index is -0.832. The zero-order valence-electron chi connectivity index (χ0n) is 12.3. The Bertz CT molecular complexity index is 645. The molecule has 1 aliphatic heterocycles. The van der Waals surface area contributed by atoms with Gasteiger partial charge in [0.05, 0.1) is 7.11 Å². The molecular weight excluding hydrogens is 368 g/mol. The van der Waals surface area contributed by atoms with Crippen molar-refractivity contribution >= 4 is 33.9 Å². The third-order valence-corrected chi connectivity index (χ3v) is 3.83. The number of alkyl carbamates (subject to hydrolysis) is 1. The molecule has 1 atom stereocenters. The second kappa shape index (κ2) is 7.77. The average Bonchev–Trinajstić information content (AvgIpc) is 2.56. The Hall–Kier alpha value is -2.35. The van der Waals surface area contributed by atoms with Gasteiger partial charge in [-0.25, -0.2) is 9.59 Å². The van der Waals surface area contributed by atoms with E-state index < -0.39 is 24.0 Å². The number of carbonyl (C=O) groups excluding carboxylic acids is 3. The molecule has 0 saturated heterocycles. The monoisotopic (exact) mass is 382 g/mol. The Labute approximate surface area is 141 Å². The van der Waals surface area contributed by atoms with Crippen LogP contribution in [-0.2, 0) is 25.7 Å². The molecule has 8 heteroatoms. The van der Waals surface area contributed by atoms with Gasteiger partial charge in [-0.2, -0.15) is 0 Å². The largest absolute Gasteiger partial charge is 0.464 e. The molecular formula is C15H15BrN2O5. The third-order valence-electron chi connectivity index (χ3n) is 3.11. The molecule has 1 aromatic carbocycles. The lowest BCUT2D eigenvalue weighted by Gasteiger charge is -2.24. The van der Waals surface area contributed by atoms with Crippen LogP contribution in [0.3, 0.4) is 0 Å². The summed E-state index contributed by atoms with van der Waals surface area (Å²) < 4.78 is 10.1. The van der Waals surface area contributed by atoms with Gasteiger partial charge in [-0.1, -0.05) is 46.3 Å². The number of methoxy groups -OCH3 is 1. The smallest absolute Gasteiger partial charge is 0.408 e. The van der Waals surface area contributed by atoms with E-state index in [1.165, 1.54) is 7.11 Å². The molecule has 0 spiro atoms. The summed E-state index contributed by atoms with van der Waals surface area (Å²) in [5, 5.41) is 4.85. The number of amides is 2. The minimum absolute atomic E-state index is 0.0354. The number of carbonyl (C=O) groups is 3. The highest BCUT2D eigenvalue weighted by Crippen LogP contribution is 2.22. The van der Waals surface area contributed by atoms with Gasteiger partial charge < -0.3 is 20.1 Å². The van der Waals surface area contributed by atoms with Crippen LogP contribution in [0.1, 0.15) is 12.0 Å². The van der Waals surface area contributed by atoms with Crippen molar-refractivity contribution in [1.29, 1.82) is 0 Å². The standard InChI is InChI=1S/C15H15BrN2O5/c1-22-14(20)12-10(16)7-11(13(19)18-12)17-15(21)23-8-9-5-3-2-4-6-9/h2-6,11H,7-8H2,1H3,(H,17,21)(H,18,19)/t11-/m0/s1. The first-order valence-electron chi connectivity index (χ1n) is 6.76. The lowest BCUT2D eigenvalue weighted by molar-refractivity contribution is -0.138. The van der Waals surface area contributed by atoms with Crippen molar-refractivity contribution in [2.75, 3.05) is 7.11 Å². The zero-order chi connectivity index (χ0) is 16.8. The fourth-order valence-electron chi connectivity index (χ4n) is 1.94. The lowest BCUT2D eigenvalue weighted by atomic mass is 10.1. The first-order valence-corrected chi connectivity index (χ1v) is 7.55. The molecule has 0 aliphatic carbocycles. The van der Waals surface area contributed by atoms with Gasteiger partial charge in [0.2, 0.25) is 5.91 Å². The number of nitrogens with one attached hydrogen (secondary N) is 2. The highest BCUT2D eigenvalue weighted by atomic mass is 79.9. The van der Waals surface area contributed by atoms with E-state index in [1.807, 2.05) is 30.3 Å². The van der Waals surface area contributed by atoms with E-state index in [0.717, 1.165) is 5.56 Å². The highest BCUT2D eigenvalue weighted by Gasteiger charge is 2.31. The molecule has 0 saturated carbocycles. The van der Waals surface area contributed by atoms with Crippen molar-refractivity contribution < 1.29 is 23.9 Å². The van der Waals surface area contributed by atoms with Crippen molar-refractivity contribution in [3.05, 3.63) is 46.1 Å². The number of benzene rings is 1. The van der Waals surface area contributed by atoms with E-state index in [1.54, 1.807) is 0 Å². The first kappa shape index (κ1) is 17.0. The molecule has 7 nitrogen and oxygen atoms in total. The normalized spacial score (nSPS) is 17.3. The van der Waals surface area contributed by atoms with E-state index in [4.69, 9.17) is 4.74 Å². The lowest BCUT2D eigenvalue weighted by Crippen LogP contribution is -2.50. The fraction of sp³-hybridized carbons (Fsp3) is 0.267. The summed E-state index contributed by atoms with van der Waals surface area (Å²) in [6.07, 6.45) is -0.577. The summed E-state index contributed by atoms with van der Waals surface area (Å²) in [4.78, 5) is 35.2. The third kappa shape index (κ3) is 4.56. The van der Waals surface area contributed by atoms with Crippen molar-refractivity contribution in [3.63, 3.8) is 0 Å². The quantitative estimate of drug-likeness (QED) is 0.771. The predicted octanol–water partition coefficient (Wildman–Crippen LogP) is 1.58. The molecule has 2 N–H and O–H groups in total.